The molecule has 2 heterocycles. The SMILES string of the molecule is CCCc1c(N)ncnc1NCc1ccc(C)s1. The van der Waals surface area contributed by atoms with Gasteiger partial charge in [0.25, 0.3) is 0 Å². The van der Waals surface area contributed by atoms with Gasteiger partial charge in [-0.3, -0.25) is 0 Å². The predicted molar refractivity (Wildman–Crippen MR) is 76.8 cm³/mol. The summed E-state index contributed by atoms with van der Waals surface area (Å²) in [7, 11) is 0. The number of thiophene rings is 1. The molecule has 0 radical (unpaired) electrons. The smallest absolute Gasteiger partial charge is 0.135 e. The van der Waals surface area contributed by atoms with Crippen molar-refractivity contribution in [3.63, 3.8) is 0 Å². The number of nitrogens with zero attached hydrogens (tertiary/aromatic N) is 2. The van der Waals surface area contributed by atoms with Crippen molar-refractivity contribution < 1.29 is 0 Å². The molecule has 0 atom stereocenters. The predicted octanol–water partition coefficient (Wildman–Crippen LogP) is 2.99. The topological polar surface area (TPSA) is 63.8 Å². The van der Waals surface area contributed by atoms with Gasteiger partial charge in [0.1, 0.15) is 18.0 Å². The van der Waals surface area contributed by atoms with Gasteiger partial charge in [0.15, 0.2) is 0 Å². The van der Waals surface area contributed by atoms with Crippen LogP contribution in [0.3, 0.4) is 0 Å². The number of aromatic nitrogens is 2. The summed E-state index contributed by atoms with van der Waals surface area (Å²) in [6, 6.07) is 4.26. The lowest BCUT2D eigenvalue weighted by Crippen LogP contribution is -2.07. The minimum atomic E-state index is 0.580. The molecule has 18 heavy (non-hydrogen) atoms. The molecule has 0 aliphatic rings. The quantitative estimate of drug-likeness (QED) is 0.869. The van der Waals surface area contributed by atoms with E-state index in [0.717, 1.165) is 30.8 Å². The Morgan fingerprint density at radius 1 is 1.33 bits per heavy atom. The Balaban J connectivity index is 2.11. The van der Waals surface area contributed by atoms with Crippen LogP contribution < -0.4 is 11.1 Å². The molecule has 0 spiro atoms. The number of hydrogen-bond donors (Lipinski definition) is 2. The molecule has 4 nitrogen and oxygen atoms in total. The van der Waals surface area contributed by atoms with E-state index >= 15 is 0 Å². The second kappa shape index (κ2) is 5.82. The Morgan fingerprint density at radius 3 is 2.83 bits per heavy atom. The van der Waals surface area contributed by atoms with E-state index < -0.39 is 0 Å². The molecule has 0 amide bonds. The fourth-order valence-corrected chi connectivity index (χ4v) is 2.66. The van der Waals surface area contributed by atoms with Crippen LogP contribution in [0.4, 0.5) is 11.6 Å². The number of nitrogens with one attached hydrogen (secondary N) is 1. The summed E-state index contributed by atoms with van der Waals surface area (Å²) in [5, 5.41) is 3.35. The maximum absolute atomic E-state index is 5.89. The van der Waals surface area contributed by atoms with Crippen molar-refractivity contribution in [2.45, 2.75) is 33.2 Å². The number of hydrogen-bond acceptors (Lipinski definition) is 5. The molecule has 3 N–H and O–H groups in total. The Kier molecular flexibility index (Phi) is 4.15. The summed E-state index contributed by atoms with van der Waals surface area (Å²) in [6.45, 7) is 5.02. The van der Waals surface area contributed by atoms with Crippen LogP contribution in [-0.4, -0.2) is 9.97 Å². The number of nitrogens with two attached hydrogens (primary N) is 1. The molecular weight excluding hydrogens is 244 g/mol. The minimum Gasteiger partial charge on any atom is -0.383 e. The molecule has 0 bridgehead atoms. The number of anilines is 2. The fraction of sp³-hybridized carbons (Fsp3) is 0.385. The summed E-state index contributed by atoms with van der Waals surface area (Å²) in [4.78, 5) is 10.9. The fourth-order valence-electron chi connectivity index (χ4n) is 1.83. The van der Waals surface area contributed by atoms with Crippen LogP contribution in [0.1, 0.15) is 28.7 Å². The lowest BCUT2D eigenvalue weighted by atomic mass is 10.1. The highest BCUT2D eigenvalue weighted by Gasteiger charge is 2.08. The average Bonchev–Trinajstić information content (AvgIpc) is 2.76. The zero-order valence-corrected chi connectivity index (χ0v) is 11.5. The van der Waals surface area contributed by atoms with Crippen LogP contribution in [-0.2, 0) is 13.0 Å². The average molecular weight is 262 g/mol. The first-order valence-electron chi connectivity index (χ1n) is 6.09. The van der Waals surface area contributed by atoms with Crippen LogP contribution in [0.25, 0.3) is 0 Å². The Labute approximate surface area is 111 Å². The zero-order valence-electron chi connectivity index (χ0n) is 10.7. The van der Waals surface area contributed by atoms with Gasteiger partial charge in [0, 0.05) is 15.3 Å². The molecule has 0 aliphatic carbocycles. The lowest BCUT2D eigenvalue weighted by Gasteiger charge is -2.10. The molecule has 0 aromatic carbocycles. The first kappa shape index (κ1) is 12.8. The number of rotatable bonds is 5. The van der Waals surface area contributed by atoms with Crippen molar-refractivity contribution >= 4 is 23.0 Å². The van der Waals surface area contributed by atoms with E-state index in [9.17, 15) is 0 Å². The van der Waals surface area contributed by atoms with E-state index in [0.29, 0.717) is 5.82 Å². The van der Waals surface area contributed by atoms with E-state index in [1.54, 1.807) is 11.3 Å². The molecular formula is C13H18N4S. The first-order valence-corrected chi connectivity index (χ1v) is 6.91. The summed E-state index contributed by atoms with van der Waals surface area (Å²) in [5.41, 5.74) is 6.91. The van der Waals surface area contributed by atoms with Gasteiger partial charge >= 0.3 is 0 Å². The second-order valence-corrected chi connectivity index (χ2v) is 5.57. The third kappa shape index (κ3) is 2.98. The highest BCUT2D eigenvalue weighted by molar-refractivity contribution is 7.11. The standard InChI is InChI=1S/C13H18N4S/c1-3-4-11-12(14)16-8-17-13(11)15-7-10-6-5-9(2)18-10/h5-6,8H,3-4,7H2,1-2H3,(H3,14,15,16,17). The highest BCUT2D eigenvalue weighted by atomic mass is 32.1. The molecule has 2 aromatic heterocycles. The van der Waals surface area contributed by atoms with Crippen molar-refractivity contribution in [3.05, 3.63) is 33.8 Å². The van der Waals surface area contributed by atoms with Crippen molar-refractivity contribution in [3.8, 4) is 0 Å². The lowest BCUT2D eigenvalue weighted by molar-refractivity contribution is 0.902. The molecule has 5 heteroatoms. The van der Waals surface area contributed by atoms with Crippen molar-refractivity contribution in [2.24, 2.45) is 0 Å². The van der Waals surface area contributed by atoms with Gasteiger partial charge in [0.05, 0.1) is 6.54 Å². The largest absolute Gasteiger partial charge is 0.383 e. The van der Waals surface area contributed by atoms with Crippen molar-refractivity contribution in [2.75, 3.05) is 11.1 Å². The molecule has 0 saturated heterocycles. The van der Waals surface area contributed by atoms with Gasteiger partial charge < -0.3 is 11.1 Å². The molecule has 2 rings (SSSR count). The van der Waals surface area contributed by atoms with E-state index in [-0.39, 0.29) is 0 Å². The normalized spacial score (nSPS) is 10.6. The van der Waals surface area contributed by atoms with Crippen molar-refractivity contribution in [1.29, 1.82) is 0 Å². The highest BCUT2D eigenvalue weighted by Crippen LogP contribution is 2.21. The molecule has 96 valence electrons. The van der Waals surface area contributed by atoms with Crippen LogP contribution in [0, 0.1) is 6.92 Å². The van der Waals surface area contributed by atoms with E-state index in [4.69, 9.17) is 5.73 Å². The van der Waals surface area contributed by atoms with Gasteiger partial charge in [-0.1, -0.05) is 13.3 Å². The minimum absolute atomic E-state index is 0.580. The monoisotopic (exact) mass is 262 g/mol. The Bertz CT molecular complexity index is 521. The van der Waals surface area contributed by atoms with Gasteiger partial charge in [-0.25, -0.2) is 9.97 Å². The van der Waals surface area contributed by atoms with Crippen LogP contribution in [0.2, 0.25) is 0 Å². The van der Waals surface area contributed by atoms with Crippen LogP contribution in [0.15, 0.2) is 18.5 Å². The summed E-state index contributed by atoms with van der Waals surface area (Å²) < 4.78 is 0. The van der Waals surface area contributed by atoms with Gasteiger partial charge in [-0.2, -0.15) is 0 Å². The zero-order chi connectivity index (χ0) is 13.0. The second-order valence-electron chi connectivity index (χ2n) is 4.20. The van der Waals surface area contributed by atoms with Gasteiger partial charge in [0.2, 0.25) is 0 Å². The molecule has 0 fully saturated rings. The first-order chi connectivity index (χ1) is 8.70. The number of nitrogen functional groups attached to an aromatic ring is 1. The molecule has 0 unspecified atom stereocenters. The van der Waals surface area contributed by atoms with E-state index in [1.165, 1.54) is 16.1 Å². The van der Waals surface area contributed by atoms with Crippen molar-refractivity contribution in [1.82, 2.24) is 9.97 Å². The Morgan fingerprint density at radius 2 is 2.17 bits per heavy atom. The van der Waals surface area contributed by atoms with Crippen LogP contribution in [0.5, 0.6) is 0 Å². The maximum atomic E-state index is 5.89. The molecule has 0 saturated carbocycles. The van der Waals surface area contributed by atoms with Gasteiger partial charge in [-0.05, 0) is 25.5 Å². The Hall–Kier alpha value is -1.62. The third-order valence-electron chi connectivity index (χ3n) is 2.70. The molecule has 2 aromatic rings. The van der Waals surface area contributed by atoms with Crippen LogP contribution >= 0.6 is 11.3 Å². The van der Waals surface area contributed by atoms with E-state index in [1.807, 2.05) is 0 Å². The summed E-state index contributed by atoms with van der Waals surface area (Å²) in [5.74, 6) is 1.44. The third-order valence-corrected chi connectivity index (χ3v) is 3.71. The van der Waals surface area contributed by atoms with E-state index in [2.05, 4.69) is 41.3 Å². The summed E-state index contributed by atoms with van der Waals surface area (Å²) >= 11 is 1.79. The number of aryl methyl sites for hydroxylation is 1. The maximum Gasteiger partial charge on any atom is 0.135 e. The van der Waals surface area contributed by atoms with Gasteiger partial charge in [-0.15, -0.1) is 11.3 Å². The molecule has 0 aliphatic heterocycles. The summed E-state index contributed by atoms with van der Waals surface area (Å²) in [6.07, 6.45) is 3.44.